The van der Waals surface area contributed by atoms with Crippen LogP contribution < -0.4 is 0 Å². The maximum Gasteiger partial charge on any atom is 0.231 e. The standard InChI is InChI=1S/C10H16N2O2S/c1-4-7-12(8-5-2)15(13,14)10(6-3)9-11/h4-5,10H,1-2,6-8H2,3H3. The minimum Gasteiger partial charge on any atom is -0.211 e. The number of sulfonamides is 1. The molecule has 0 aliphatic carbocycles. The number of nitrogens with zero attached hydrogens (tertiary/aromatic N) is 2. The second-order valence-corrected chi connectivity index (χ2v) is 5.08. The van der Waals surface area contributed by atoms with E-state index in [1.54, 1.807) is 13.0 Å². The molecule has 4 nitrogen and oxygen atoms in total. The van der Waals surface area contributed by atoms with Crippen molar-refractivity contribution in [2.75, 3.05) is 13.1 Å². The molecule has 0 bridgehead atoms. The smallest absolute Gasteiger partial charge is 0.211 e. The van der Waals surface area contributed by atoms with Gasteiger partial charge in [0.1, 0.15) is 0 Å². The average Bonchev–Trinajstić information content (AvgIpc) is 2.19. The lowest BCUT2D eigenvalue weighted by Crippen LogP contribution is -2.38. The fourth-order valence-corrected chi connectivity index (χ4v) is 2.66. The summed E-state index contributed by atoms with van der Waals surface area (Å²) < 4.78 is 25.0. The summed E-state index contributed by atoms with van der Waals surface area (Å²) in [5, 5.41) is 7.75. The number of rotatable bonds is 7. The van der Waals surface area contributed by atoms with Gasteiger partial charge >= 0.3 is 0 Å². The molecule has 0 aliphatic rings. The first-order valence-electron chi connectivity index (χ1n) is 4.64. The van der Waals surface area contributed by atoms with Crippen LogP contribution in [0.4, 0.5) is 0 Å². The molecule has 0 spiro atoms. The average molecular weight is 228 g/mol. The lowest BCUT2D eigenvalue weighted by Gasteiger charge is -2.21. The van der Waals surface area contributed by atoms with Gasteiger partial charge in [-0.05, 0) is 6.42 Å². The van der Waals surface area contributed by atoms with Gasteiger partial charge in [-0.3, -0.25) is 0 Å². The number of hydrogen-bond donors (Lipinski definition) is 0. The molecule has 0 aromatic carbocycles. The van der Waals surface area contributed by atoms with Crippen LogP contribution in [0.5, 0.6) is 0 Å². The lowest BCUT2D eigenvalue weighted by molar-refractivity contribution is 0.467. The summed E-state index contributed by atoms with van der Waals surface area (Å²) in [6, 6.07) is 1.79. The van der Waals surface area contributed by atoms with Gasteiger partial charge in [-0.2, -0.15) is 9.57 Å². The molecule has 0 N–H and O–H groups in total. The summed E-state index contributed by atoms with van der Waals surface area (Å²) in [7, 11) is -3.56. The van der Waals surface area contributed by atoms with E-state index in [1.165, 1.54) is 16.5 Å². The van der Waals surface area contributed by atoms with Crippen molar-refractivity contribution in [1.82, 2.24) is 4.31 Å². The molecule has 0 aromatic rings. The molecule has 5 heteroatoms. The predicted octanol–water partition coefficient (Wildman–Crippen LogP) is 1.29. The molecule has 1 unspecified atom stereocenters. The van der Waals surface area contributed by atoms with Crippen LogP contribution in [0.15, 0.2) is 25.3 Å². The molecule has 0 radical (unpaired) electrons. The van der Waals surface area contributed by atoms with Crippen molar-refractivity contribution in [1.29, 1.82) is 5.26 Å². The summed E-state index contributed by atoms with van der Waals surface area (Å²) in [5.74, 6) is 0. The highest BCUT2D eigenvalue weighted by Gasteiger charge is 2.29. The molecule has 0 saturated heterocycles. The van der Waals surface area contributed by atoms with Crippen molar-refractivity contribution in [2.24, 2.45) is 0 Å². The Bertz CT molecular complexity index is 344. The molecule has 0 saturated carbocycles. The van der Waals surface area contributed by atoms with Crippen LogP contribution in [0.2, 0.25) is 0 Å². The Morgan fingerprint density at radius 3 is 2.13 bits per heavy atom. The summed E-state index contributed by atoms with van der Waals surface area (Å²) >= 11 is 0. The zero-order valence-corrected chi connectivity index (χ0v) is 9.70. The molecule has 15 heavy (non-hydrogen) atoms. The van der Waals surface area contributed by atoms with Gasteiger partial charge < -0.3 is 0 Å². The molecular weight excluding hydrogens is 212 g/mol. The largest absolute Gasteiger partial charge is 0.231 e. The van der Waals surface area contributed by atoms with E-state index in [0.717, 1.165) is 0 Å². The van der Waals surface area contributed by atoms with E-state index in [9.17, 15) is 8.42 Å². The van der Waals surface area contributed by atoms with Crippen molar-refractivity contribution in [3.63, 3.8) is 0 Å². The molecule has 84 valence electrons. The fraction of sp³-hybridized carbons (Fsp3) is 0.500. The minimum atomic E-state index is -3.56. The van der Waals surface area contributed by atoms with E-state index in [-0.39, 0.29) is 19.5 Å². The molecular formula is C10H16N2O2S. The zero-order valence-electron chi connectivity index (χ0n) is 8.89. The highest BCUT2D eigenvalue weighted by molar-refractivity contribution is 7.90. The van der Waals surface area contributed by atoms with Crippen molar-refractivity contribution in [3.05, 3.63) is 25.3 Å². The summed E-state index contributed by atoms with van der Waals surface area (Å²) in [5.41, 5.74) is 0. The van der Waals surface area contributed by atoms with E-state index in [4.69, 9.17) is 5.26 Å². The molecule has 0 rings (SSSR count). The Hall–Kier alpha value is -1.12. The maximum absolute atomic E-state index is 11.9. The highest BCUT2D eigenvalue weighted by atomic mass is 32.2. The van der Waals surface area contributed by atoms with Crippen molar-refractivity contribution >= 4 is 10.0 Å². The Morgan fingerprint density at radius 2 is 1.87 bits per heavy atom. The Kier molecular flexibility index (Phi) is 5.90. The molecule has 0 fully saturated rings. The molecule has 0 aromatic heterocycles. The van der Waals surface area contributed by atoms with Gasteiger partial charge in [-0.15, -0.1) is 13.2 Å². The van der Waals surface area contributed by atoms with Gasteiger partial charge in [0.05, 0.1) is 6.07 Å². The maximum atomic E-state index is 11.9. The van der Waals surface area contributed by atoms with Crippen LogP contribution in [-0.4, -0.2) is 31.1 Å². The third kappa shape index (κ3) is 3.50. The first-order chi connectivity index (χ1) is 7.04. The SMILES string of the molecule is C=CCN(CC=C)S(=O)(=O)C(C#N)CC. The summed E-state index contributed by atoms with van der Waals surface area (Å²) in [6.07, 6.45) is 3.26. The van der Waals surface area contributed by atoms with Gasteiger partial charge in [-0.25, -0.2) is 8.42 Å². The second kappa shape index (κ2) is 6.38. The van der Waals surface area contributed by atoms with E-state index in [0.29, 0.717) is 0 Å². The lowest BCUT2D eigenvalue weighted by atomic mass is 10.4. The molecule has 1 atom stereocenters. The van der Waals surface area contributed by atoms with Crippen molar-refractivity contribution in [3.8, 4) is 6.07 Å². The van der Waals surface area contributed by atoms with Crippen molar-refractivity contribution in [2.45, 2.75) is 18.6 Å². The van der Waals surface area contributed by atoms with Crippen LogP contribution in [0.25, 0.3) is 0 Å². The van der Waals surface area contributed by atoms with E-state index in [2.05, 4.69) is 13.2 Å². The van der Waals surface area contributed by atoms with Gasteiger partial charge in [0.2, 0.25) is 10.0 Å². The van der Waals surface area contributed by atoms with Gasteiger partial charge in [0, 0.05) is 13.1 Å². The van der Waals surface area contributed by atoms with E-state index in [1.807, 2.05) is 0 Å². The first kappa shape index (κ1) is 13.9. The Labute approximate surface area is 91.6 Å². The fourth-order valence-electron chi connectivity index (χ4n) is 1.12. The van der Waals surface area contributed by atoms with Gasteiger partial charge in [0.25, 0.3) is 0 Å². The monoisotopic (exact) mass is 228 g/mol. The van der Waals surface area contributed by atoms with E-state index >= 15 is 0 Å². The van der Waals surface area contributed by atoms with Crippen LogP contribution in [0.3, 0.4) is 0 Å². The third-order valence-corrected chi connectivity index (χ3v) is 4.08. The van der Waals surface area contributed by atoms with E-state index < -0.39 is 15.3 Å². The quantitative estimate of drug-likeness (QED) is 0.617. The minimum absolute atomic E-state index is 0.201. The molecule has 0 amide bonds. The summed E-state index contributed by atoms with van der Waals surface area (Å²) in [4.78, 5) is 0. The molecule has 0 heterocycles. The highest BCUT2D eigenvalue weighted by Crippen LogP contribution is 2.11. The third-order valence-electron chi connectivity index (χ3n) is 1.90. The second-order valence-electron chi connectivity index (χ2n) is 2.97. The normalized spacial score (nSPS) is 13.1. The van der Waals surface area contributed by atoms with Gasteiger partial charge in [0.15, 0.2) is 5.25 Å². The van der Waals surface area contributed by atoms with Crippen LogP contribution in [-0.2, 0) is 10.0 Å². The van der Waals surface area contributed by atoms with Crippen LogP contribution in [0, 0.1) is 11.3 Å². The number of hydrogen-bond acceptors (Lipinski definition) is 3. The summed E-state index contributed by atoms with van der Waals surface area (Å²) in [6.45, 7) is 9.04. The molecule has 0 aliphatic heterocycles. The topological polar surface area (TPSA) is 61.2 Å². The van der Waals surface area contributed by atoms with Crippen LogP contribution in [0.1, 0.15) is 13.3 Å². The van der Waals surface area contributed by atoms with Crippen molar-refractivity contribution < 1.29 is 8.42 Å². The number of nitriles is 1. The Morgan fingerprint density at radius 1 is 1.40 bits per heavy atom. The zero-order chi connectivity index (χ0) is 11.9. The first-order valence-corrected chi connectivity index (χ1v) is 6.15. The predicted molar refractivity (Wildman–Crippen MR) is 60.6 cm³/mol. The Balaban J connectivity index is 5.01. The van der Waals surface area contributed by atoms with Gasteiger partial charge in [-0.1, -0.05) is 19.1 Å². The van der Waals surface area contributed by atoms with Crippen LogP contribution >= 0.6 is 0 Å².